The number of ether oxygens (including phenoxy) is 2. The minimum atomic E-state index is -0.796. The maximum atomic E-state index is 12.6. The van der Waals surface area contributed by atoms with Gasteiger partial charge in [-0.3, -0.25) is 4.79 Å². The molecule has 1 aromatic rings. The van der Waals surface area contributed by atoms with Crippen molar-refractivity contribution < 1.29 is 14.3 Å². The number of aryl methyl sites for hydroxylation is 2. The Balaban J connectivity index is 2.89. The van der Waals surface area contributed by atoms with Crippen molar-refractivity contribution in [3.63, 3.8) is 0 Å². The third-order valence-corrected chi connectivity index (χ3v) is 3.95. The molecule has 0 fully saturated rings. The summed E-state index contributed by atoms with van der Waals surface area (Å²) in [6.07, 6.45) is 2.50. The highest BCUT2D eigenvalue weighted by Crippen LogP contribution is 2.28. The molecule has 0 saturated carbocycles. The van der Waals surface area contributed by atoms with Crippen LogP contribution in [0.4, 0.5) is 5.69 Å². The molecule has 0 radical (unpaired) electrons. The van der Waals surface area contributed by atoms with Gasteiger partial charge in [0.2, 0.25) is 0 Å². The first-order valence-electron chi connectivity index (χ1n) is 8.57. The quantitative estimate of drug-likeness (QED) is 0.721. The lowest BCUT2D eigenvalue weighted by Gasteiger charge is -2.27. The van der Waals surface area contributed by atoms with Crippen molar-refractivity contribution in [3.05, 3.63) is 23.3 Å². The van der Waals surface area contributed by atoms with Crippen LogP contribution in [0.1, 0.15) is 58.1 Å². The monoisotopic (exact) mass is 321 g/mol. The molecule has 0 aliphatic rings. The maximum Gasteiger partial charge on any atom is 0.256 e. The Morgan fingerprint density at radius 1 is 1.09 bits per heavy atom. The molecule has 4 heteroatoms. The number of anilines is 1. The van der Waals surface area contributed by atoms with Gasteiger partial charge in [0, 0.05) is 12.3 Å². The summed E-state index contributed by atoms with van der Waals surface area (Å²) in [6.45, 7) is 13.2. The smallest absolute Gasteiger partial charge is 0.256 e. The van der Waals surface area contributed by atoms with Crippen LogP contribution < -0.4 is 10.1 Å². The fourth-order valence-electron chi connectivity index (χ4n) is 2.37. The average molecular weight is 321 g/mol. The van der Waals surface area contributed by atoms with Gasteiger partial charge in [-0.15, -0.1) is 0 Å². The van der Waals surface area contributed by atoms with Crippen LogP contribution in [0.15, 0.2) is 12.1 Å². The predicted molar refractivity (Wildman–Crippen MR) is 95.3 cm³/mol. The van der Waals surface area contributed by atoms with Gasteiger partial charge in [-0.2, -0.15) is 0 Å². The van der Waals surface area contributed by atoms with E-state index in [4.69, 9.17) is 9.47 Å². The van der Waals surface area contributed by atoms with Gasteiger partial charge in [0.1, 0.15) is 11.4 Å². The Bertz CT molecular complexity index is 504. The zero-order chi connectivity index (χ0) is 17.5. The van der Waals surface area contributed by atoms with E-state index in [-0.39, 0.29) is 5.91 Å². The van der Waals surface area contributed by atoms with E-state index in [2.05, 4.69) is 12.2 Å². The second-order valence-corrected chi connectivity index (χ2v) is 6.17. The molecule has 130 valence electrons. The van der Waals surface area contributed by atoms with Crippen LogP contribution in [0.25, 0.3) is 0 Å². The molecule has 1 rings (SSSR count). The molecule has 0 bridgehead atoms. The van der Waals surface area contributed by atoms with Crippen molar-refractivity contribution in [2.45, 2.75) is 66.4 Å². The minimum absolute atomic E-state index is 0.102. The standard InChI is InChI=1S/C19H31NO3/c1-7-10-22-17-14(4)12-16(13-15(17)5)20-18(21)19(6,9-3)23-11-8-2/h12-13H,7-11H2,1-6H3,(H,20,21)/t19-/m1/s1. The SMILES string of the molecule is CCCOc1c(C)cc(NC(=O)[C@@](C)(CC)OCCC)cc1C. The van der Waals surface area contributed by atoms with Crippen LogP contribution in [-0.2, 0) is 9.53 Å². The predicted octanol–water partition coefficient (Wildman–Crippen LogP) is 4.63. The molecule has 1 amide bonds. The number of hydrogen-bond acceptors (Lipinski definition) is 3. The lowest BCUT2D eigenvalue weighted by Crippen LogP contribution is -2.42. The van der Waals surface area contributed by atoms with Crippen molar-refractivity contribution in [3.8, 4) is 5.75 Å². The summed E-state index contributed by atoms with van der Waals surface area (Å²) in [5.41, 5.74) is 2.05. The second kappa shape index (κ2) is 8.92. The summed E-state index contributed by atoms with van der Waals surface area (Å²) in [7, 11) is 0. The molecule has 1 N–H and O–H groups in total. The first-order valence-corrected chi connectivity index (χ1v) is 8.57. The fourth-order valence-corrected chi connectivity index (χ4v) is 2.37. The van der Waals surface area contributed by atoms with Crippen molar-refractivity contribution in [1.82, 2.24) is 0 Å². The molecule has 1 atom stereocenters. The number of hydrogen-bond donors (Lipinski definition) is 1. The van der Waals surface area contributed by atoms with E-state index in [9.17, 15) is 4.79 Å². The van der Waals surface area contributed by atoms with Gasteiger partial charge >= 0.3 is 0 Å². The van der Waals surface area contributed by atoms with Crippen LogP contribution in [0.3, 0.4) is 0 Å². The van der Waals surface area contributed by atoms with Gasteiger partial charge in [0.05, 0.1) is 6.61 Å². The van der Waals surface area contributed by atoms with Crippen molar-refractivity contribution in [2.75, 3.05) is 18.5 Å². The molecule has 0 spiro atoms. The zero-order valence-electron chi connectivity index (χ0n) is 15.4. The number of amides is 1. The number of carbonyl (C=O) groups is 1. The largest absolute Gasteiger partial charge is 0.493 e. The van der Waals surface area contributed by atoms with Crippen molar-refractivity contribution >= 4 is 11.6 Å². The first kappa shape index (κ1) is 19.5. The van der Waals surface area contributed by atoms with E-state index in [1.54, 1.807) is 0 Å². The molecule has 0 aromatic heterocycles. The Kier molecular flexibility index (Phi) is 7.56. The summed E-state index contributed by atoms with van der Waals surface area (Å²) >= 11 is 0. The molecular formula is C19H31NO3. The molecule has 0 heterocycles. The van der Waals surface area contributed by atoms with Gasteiger partial charge in [-0.05, 0) is 63.3 Å². The lowest BCUT2D eigenvalue weighted by atomic mass is 10.0. The van der Waals surface area contributed by atoms with Crippen LogP contribution in [0.5, 0.6) is 5.75 Å². The third kappa shape index (κ3) is 5.24. The van der Waals surface area contributed by atoms with E-state index in [1.165, 1.54) is 0 Å². The Hall–Kier alpha value is -1.55. The van der Waals surface area contributed by atoms with Crippen LogP contribution in [0, 0.1) is 13.8 Å². The number of benzene rings is 1. The van der Waals surface area contributed by atoms with Crippen molar-refractivity contribution in [1.29, 1.82) is 0 Å². The van der Waals surface area contributed by atoms with Crippen LogP contribution in [-0.4, -0.2) is 24.7 Å². The fraction of sp³-hybridized carbons (Fsp3) is 0.632. The maximum absolute atomic E-state index is 12.6. The summed E-state index contributed by atoms with van der Waals surface area (Å²) in [4.78, 5) is 12.6. The van der Waals surface area contributed by atoms with Gasteiger partial charge in [-0.25, -0.2) is 0 Å². The number of rotatable bonds is 9. The van der Waals surface area contributed by atoms with E-state index in [1.807, 2.05) is 46.8 Å². The van der Waals surface area contributed by atoms with Gasteiger partial charge in [0.25, 0.3) is 5.91 Å². The second-order valence-electron chi connectivity index (χ2n) is 6.17. The number of nitrogens with one attached hydrogen (secondary N) is 1. The van der Waals surface area contributed by atoms with Gasteiger partial charge in [0.15, 0.2) is 0 Å². The summed E-state index contributed by atoms with van der Waals surface area (Å²) in [6, 6.07) is 3.90. The Labute approximate surface area is 140 Å². The third-order valence-electron chi connectivity index (χ3n) is 3.95. The van der Waals surface area contributed by atoms with Crippen LogP contribution in [0.2, 0.25) is 0 Å². The molecule has 4 nitrogen and oxygen atoms in total. The normalized spacial score (nSPS) is 13.5. The minimum Gasteiger partial charge on any atom is -0.493 e. The topological polar surface area (TPSA) is 47.6 Å². The molecule has 1 aromatic carbocycles. The van der Waals surface area contributed by atoms with Gasteiger partial charge < -0.3 is 14.8 Å². The molecular weight excluding hydrogens is 290 g/mol. The molecule has 0 unspecified atom stereocenters. The summed E-state index contributed by atoms with van der Waals surface area (Å²) in [5.74, 6) is 0.805. The summed E-state index contributed by atoms with van der Waals surface area (Å²) < 4.78 is 11.5. The van der Waals surface area contributed by atoms with E-state index in [0.717, 1.165) is 35.4 Å². The highest BCUT2D eigenvalue weighted by molar-refractivity contribution is 5.97. The molecule has 0 aliphatic carbocycles. The van der Waals surface area contributed by atoms with E-state index >= 15 is 0 Å². The Morgan fingerprint density at radius 2 is 1.65 bits per heavy atom. The van der Waals surface area contributed by atoms with E-state index < -0.39 is 5.60 Å². The van der Waals surface area contributed by atoms with E-state index in [0.29, 0.717) is 19.6 Å². The van der Waals surface area contributed by atoms with Gasteiger partial charge in [-0.1, -0.05) is 20.8 Å². The Morgan fingerprint density at radius 3 is 2.13 bits per heavy atom. The summed E-state index contributed by atoms with van der Waals surface area (Å²) in [5, 5.41) is 2.99. The molecule has 0 saturated heterocycles. The average Bonchev–Trinajstić information content (AvgIpc) is 2.51. The van der Waals surface area contributed by atoms with Crippen LogP contribution >= 0.6 is 0 Å². The molecule has 0 aliphatic heterocycles. The zero-order valence-corrected chi connectivity index (χ0v) is 15.4. The first-order chi connectivity index (χ1) is 10.9. The molecule has 23 heavy (non-hydrogen) atoms. The highest BCUT2D eigenvalue weighted by atomic mass is 16.5. The highest BCUT2D eigenvalue weighted by Gasteiger charge is 2.32. The lowest BCUT2D eigenvalue weighted by molar-refractivity contribution is -0.139. The number of carbonyl (C=O) groups excluding carboxylic acids is 1. The van der Waals surface area contributed by atoms with Crippen molar-refractivity contribution in [2.24, 2.45) is 0 Å².